The molecule has 132 valence electrons. The minimum Gasteiger partial charge on any atom is -0.454 e. The molecule has 0 amide bonds. The lowest BCUT2D eigenvalue weighted by Gasteiger charge is -2.23. The molecule has 2 aromatic rings. The lowest BCUT2D eigenvalue weighted by molar-refractivity contribution is 0.174. The van der Waals surface area contributed by atoms with Crippen molar-refractivity contribution in [1.29, 1.82) is 0 Å². The van der Waals surface area contributed by atoms with Gasteiger partial charge in [0.15, 0.2) is 21.3 Å². The largest absolute Gasteiger partial charge is 0.454 e. The third kappa shape index (κ3) is 3.32. The Hall–Kier alpha value is -2.55. The zero-order chi connectivity index (χ0) is 17.4. The molecule has 2 aliphatic rings. The number of nitrogens with one attached hydrogen (secondary N) is 1. The minimum absolute atomic E-state index is 0.0919. The Morgan fingerprint density at radius 2 is 2.08 bits per heavy atom. The summed E-state index contributed by atoms with van der Waals surface area (Å²) < 4.78 is 34.0. The Balaban J connectivity index is 1.51. The molecule has 0 radical (unpaired) electrons. The third-order valence-corrected chi connectivity index (χ3v) is 6.11. The molecule has 2 aliphatic heterocycles. The van der Waals surface area contributed by atoms with E-state index in [1.807, 2.05) is 30.1 Å². The van der Waals surface area contributed by atoms with Crippen molar-refractivity contribution in [3.8, 4) is 11.5 Å². The summed E-state index contributed by atoms with van der Waals surface area (Å²) in [5.74, 6) is 2.89. The van der Waals surface area contributed by atoms with E-state index in [0.29, 0.717) is 23.9 Å². The molecule has 1 fully saturated rings. The van der Waals surface area contributed by atoms with Crippen molar-refractivity contribution in [1.82, 2.24) is 9.97 Å². The van der Waals surface area contributed by atoms with Crippen LogP contribution < -0.4 is 19.7 Å². The number of hydrogen-bond donors (Lipinski definition) is 1. The summed E-state index contributed by atoms with van der Waals surface area (Å²) in [5.41, 5.74) is 0.819. The zero-order valence-corrected chi connectivity index (χ0v) is 14.5. The highest BCUT2D eigenvalue weighted by molar-refractivity contribution is 7.91. The molecule has 0 bridgehead atoms. The number of nitrogens with zero attached hydrogens (tertiary/aromatic N) is 3. The van der Waals surface area contributed by atoms with Gasteiger partial charge < -0.3 is 19.7 Å². The molecule has 3 heterocycles. The first-order valence-corrected chi connectivity index (χ1v) is 9.75. The van der Waals surface area contributed by atoms with E-state index in [1.165, 1.54) is 0 Å². The van der Waals surface area contributed by atoms with Gasteiger partial charge in [-0.3, -0.25) is 0 Å². The Kier molecular flexibility index (Phi) is 3.87. The Morgan fingerprint density at radius 1 is 1.24 bits per heavy atom. The second-order valence-electron chi connectivity index (χ2n) is 6.10. The van der Waals surface area contributed by atoms with Gasteiger partial charge in [0.2, 0.25) is 12.7 Å². The van der Waals surface area contributed by atoms with Gasteiger partial charge in [-0.1, -0.05) is 0 Å². The maximum absolute atomic E-state index is 11.7. The van der Waals surface area contributed by atoms with Crippen LogP contribution in [0.1, 0.15) is 6.42 Å². The van der Waals surface area contributed by atoms with Gasteiger partial charge in [0.1, 0.15) is 5.82 Å². The lowest BCUT2D eigenvalue weighted by atomic mass is 10.2. The maximum atomic E-state index is 11.7. The fourth-order valence-electron chi connectivity index (χ4n) is 2.95. The number of benzene rings is 1. The Labute approximate surface area is 145 Å². The van der Waals surface area contributed by atoms with Crippen LogP contribution in [-0.4, -0.2) is 49.8 Å². The molecular weight excluding hydrogens is 344 g/mol. The average molecular weight is 362 g/mol. The number of sulfone groups is 1. The summed E-state index contributed by atoms with van der Waals surface area (Å²) in [6.07, 6.45) is 2.25. The summed E-state index contributed by atoms with van der Waals surface area (Å²) in [5, 5.41) is 3.20. The van der Waals surface area contributed by atoms with E-state index < -0.39 is 9.84 Å². The number of hydrogen-bond acceptors (Lipinski definition) is 8. The van der Waals surface area contributed by atoms with Crippen LogP contribution in [0.3, 0.4) is 0 Å². The maximum Gasteiger partial charge on any atom is 0.231 e. The highest BCUT2D eigenvalue weighted by atomic mass is 32.2. The standard InChI is InChI=1S/C16H18N4O4S/c1-20(12-5-7-25(21,22)9-12)16-17-6-4-15(19-16)18-11-2-3-13-14(8-11)24-10-23-13/h2-4,6,8,12H,5,7,9-10H2,1H3,(H,17,18,19). The van der Waals surface area contributed by atoms with Crippen molar-refractivity contribution in [3.05, 3.63) is 30.5 Å². The fraction of sp³-hybridized carbons (Fsp3) is 0.375. The molecule has 1 aromatic heterocycles. The lowest BCUT2D eigenvalue weighted by Crippen LogP contribution is -2.33. The van der Waals surface area contributed by atoms with Crippen molar-refractivity contribution in [2.24, 2.45) is 0 Å². The number of fused-ring (bicyclic) bond motifs is 1. The summed E-state index contributed by atoms with van der Waals surface area (Å²) in [7, 11) is -1.13. The van der Waals surface area contributed by atoms with Gasteiger partial charge >= 0.3 is 0 Å². The summed E-state index contributed by atoms with van der Waals surface area (Å²) in [4.78, 5) is 10.6. The van der Waals surface area contributed by atoms with Crippen molar-refractivity contribution in [2.45, 2.75) is 12.5 Å². The van der Waals surface area contributed by atoms with Gasteiger partial charge in [0.05, 0.1) is 11.5 Å². The van der Waals surface area contributed by atoms with Crippen molar-refractivity contribution >= 4 is 27.3 Å². The molecule has 8 nitrogen and oxygen atoms in total. The first kappa shape index (κ1) is 15.9. The smallest absolute Gasteiger partial charge is 0.231 e. The number of ether oxygens (including phenoxy) is 2. The molecular formula is C16H18N4O4S. The molecule has 25 heavy (non-hydrogen) atoms. The minimum atomic E-state index is -2.95. The van der Waals surface area contributed by atoms with E-state index in [2.05, 4.69) is 15.3 Å². The van der Waals surface area contributed by atoms with Gasteiger partial charge in [-0.05, 0) is 24.6 Å². The SMILES string of the molecule is CN(c1nccc(Nc2ccc3c(c2)OCO3)n1)C1CCS(=O)(=O)C1. The van der Waals surface area contributed by atoms with Gasteiger partial charge in [-0.2, -0.15) is 4.98 Å². The summed E-state index contributed by atoms with van der Waals surface area (Å²) in [6, 6.07) is 7.22. The highest BCUT2D eigenvalue weighted by Crippen LogP contribution is 2.35. The first-order chi connectivity index (χ1) is 12.0. The van der Waals surface area contributed by atoms with Crippen LogP contribution in [0.2, 0.25) is 0 Å². The van der Waals surface area contributed by atoms with Crippen LogP contribution in [0, 0.1) is 0 Å². The average Bonchev–Trinajstić information content (AvgIpc) is 3.20. The third-order valence-electron chi connectivity index (χ3n) is 4.36. The zero-order valence-electron chi connectivity index (χ0n) is 13.7. The van der Waals surface area contributed by atoms with Crippen LogP contribution in [0.25, 0.3) is 0 Å². The molecule has 0 aliphatic carbocycles. The van der Waals surface area contributed by atoms with Crippen LogP contribution in [0.15, 0.2) is 30.5 Å². The van der Waals surface area contributed by atoms with Gasteiger partial charge in [-0.15, -0.1) is 0 Å². The van der Waals surface area contributed by atoms with Gasteiger partial charge in [-0.25, -0.2) is 13.4 Å². The van der Waals surface area contributed by atoms with E-state index in [9.17, 15) is 8.42 Å². The summed E-state index contributed by atoms with van der Waals surface area (Å²) in [6.45, 7) is 0.228. The normalized spacial score (nSPS) is 20.4. The van der Waals surface area contributed by atoms with Crippen LogP contribution in [0.4, 0.5) is 17.5 Å². The summed E-state index contributed by atoms with van der Waals surface area (Å²) >= 11 is 0. The van der Waals surface area contributed by atoms with Crippen LogP contribution >= 0.6 is 0 Å². The van der Waals surface area contributed by atoms with Crippen molar-refractivity contribution < 1.29 is 17.9 Å². The quantitative estimate of drug-likeness (QED) is 0.876. The predicted molar refractivity (Wildman–Crippen MR) is 93.3 cm³/mol. The number of anilines is 3. The molecule has 0 spiro atoms. The molecule has 1 aromatic carbocycles. The fourth-order valence-corrected chi connectivity index (χ4v) is 4.73. The Bertz CT molecular complexity index is 903. The van der Waals surface area contributed by atoms with E-state index in [4.69, 9.17) is 9.47 Å². The number of aromatic nitrogens is 2. The monoisotopic (exact) mass is 362 g/mol. The molecule has 1 unspecified atom stereocenters. The molecule has 4 rings (SSSR count). The van der Waals surface area contributed by atoms with Crippen LogP contribution in [0.5, 0.6) is 11.5 Å². The molecule has 9 heteroatoms. The van der Waals surface area contributed by atoms with E-state index in [0.717, 1.165) is 11.4 Å². The van der Waals surface area contributed by atoms with E-state index in [-0.39, 0.29) is 24.3 Å². The molecule has 1 saturated heterocycles. The molecule has 1 atom stereocenters. The highest BCUT2D eigenvalue weighted by Gasteiger charge is 2.31. The molecule has 1 N–H and O–H groups in total. The predicted octanol–water partition coefficient (Wildman–Crippen LogP) is 1.57. The van der Waals surface area contributed by atoms with E-state index in [1.54, 1.807) is 12.3 Å². The van der Waals surface area contributed by atoms with Gasteiger partial charge in [0, 0.05) is 31.0 Å². The van der Waals surface area contributed by atoms with E-state index >= 15 is 0 Å². The van der Waals surface area contributed by atoms with Crippen molar-refractivity contribution in [3.63, 3.8) is 0 Å². The van der Waals surface area contributed by atoms with Crippen LogP contribution in [-0.2, 0) is 9.84 Å². The second-order valence-corrected chi connectivity index (χ2v) is 8.33. The van der Waals surface area contributed by atoms with Gasteiger partial charge in [0.25, 0.3) is 0 Å². The topological polar surface area (TPSA) is 93.7 Å². The first-order valence-electron chi connectivity index (χ1n) is 7.93. The number of rotatable bonds is 4. The molecule has 0 saturated carbocycles. The second kappa shape index (κ2) is 6.07. The Morgan fingerprint density at radius 3 is 2.88 bits per heavy atom. The van der Waals surface area contributed by atoms with Crippen molar-refractivity contribution in [2.75, 3.05) is 35.6 Å².